The summed E-state index contributed by atoms with van der Waals surface area (Å²) in [6.45, 7) is 4.16. The van der Waals surface area contributed by atoms with Crippen LogP contribution in [0.25, 0.3) is 0 Å². The van der Waals surface area contributed by atoms with Crippen LogP contribution in [0.3, 0.4) is 0 Å². The van der Waals surface area contributed by atoms with Crippen LogP contribution < -0.4 is 5.32 Å². The average molecular weight is 183 g/mol. The Hall–Kier alpha value is -0.0800. The molecule has 76 valence electrons. The van der Waals surface area contributed by atoms with E-state index < -0.39 is 5.60 Å². The Balaban J connectivity index is 2.00. The zero-order chi connectivity index (χ0) is 9.53. The van der Waals surface area contributed by atoms with Crippen LogP contribution in [0.2, 0.25) is 0 Å². The predicted molar refractivity (Wildman–Crippen MR) is 53.7 cm³/mol. The molecule has 0 saturated heterocycles. The third kappa shape index (κ3) is 1.50. The van der Waals surface area contributed by atoms with E-state index in [4.69, 9.17) is 0 Å². The first kappa shape index (κ1) is 9.47. The third-order valence-electron chi connectivity index (χ3n) is 4.16. The first-order chi connectivity index (χ1) is 6.04. The molecule has 2 rings (SSSR count). The van der Waals surface area contributed by atoms with Crippen LogP contribution >= 0.6 is 0 Å². The molecule has 0 bridgehead atoms. The fraction of sp³-hybridized carbons (Fsp3) is 1.00. The average Bonchev–Trinajstić information content (AvgIpc) is 2.20. The molecule has 0 spiro atoms. The van der Waals surface area contributed by atoms with Gasteiger partial charge in [0.05, 0.1) is 5.60 Å². The maximum atomic E-state index is 10.2. The smallest absolute Gasteiger partial charge is 0.0797 e. The maximum Gasteiger partial charge on any atom is 0.0797 e. The van der Waals surface area contributed by atoms with E-state index in [-0.39, 0.29) is 5.54 Å². The normalized spacial score (nSPS) is 46.4. The topological polar surface area (TPSA) is 32.3 Å². The fourth-order valence-electron chi connectivity index (χ4n) is 2.56. The molecule has 2 nitrogen and oxygen atoms in total. The summed E-state index contributed by atoms with van der Waals surface area (Å²) in [6.07, 6.45) is 7.18. The summed E-state index contributed by atoms with van der Waals surface area (Å²) in [5, 5.41) is 13.9. The Bertz CT molecular complexity index is 198. The first-order valence-corrected chi connectivity index (χ1v) is 5.54. The van der Waals surface area contributed by atoms with Crippen molar-refractivity contribution in [3.63, 3.8) is 0 Å². The third-order valence-corrected chi connectivity index (χ3v) is 4.16. The van der Waals surface area contributed by atoms with Crippen molar-refractivity contribution in [1.82, 2.24) is 5.32 Å². The summed E-state index contributed by atoms with van der Waals surface area (Å²) in [6, 6.07) is 0.676. The lowest BCUT2D eigenvalue weighted by atomic mass is 9.82. The van der Waals surface area contributed by atoms with E-state index in [9.17, 15) is 5.11 Å². The van der Waals surface area contributed by atoms with Crippen LogP contribution in [-0.4, -0.2) is 22.3 Å². The molecule has 0 aromatic carbocycles. The van der Waals surface area contributed by atoms with Crippen molar-refractivity contribution in [3.8, 4) is 0 Å². The van der Waals surface area contributed by atoms with E-state index in [2.05, 4.69) is 12.2 Å². The zero-order valence-electron chi connectivity index (χ0n) is 8.77. The number of nitrogens with one attached hydrogen (secondary N) is 1. The Morgan fingerprint density at radius 3 is 2.23 bits per heavy atom. The minimum atomic E-state index is -0.497. The van der Waals surface area contributed by atoms with E-state index in [0.717, 1.165) is 19.3 Å². The standard InChI is InChI=1S/C11H21NO/c1-10(12-9-5-3-6-9)7-4-8-11(10,2)13/h9,12-13H,3-8H2,1-2H3. The molecule has 0 aromatic heterocycles. The Morgan fingerprint density at radius 1 is 1.15 bits per heavy atom. The van der Waals surface area contributed by atoms with Gasteiger partial charge in [-0.05, 0) is 46.0 Å². The number of hydrogen-bond donors (Lipinski definition) is 2. The number of rotatable bonds is 2. The molecule has 0 aromatic rings. The molecule has 0 amide bonds. The van der Waals surface area contributed by atoms with Crippen molar-refractivity contribution in [2.24, 2.45) is 0 Å². The van der Waals surface area contributed by atoms with Gasteiger partial charge >= 0.3 is 0 Å². The van der Waals surface area contributed by atoms with Gasteiger partial charge in [-0.3, -0.25) is 0 Å². The van der Waals surface area contributed by atoms with E-state index in [1.165, 1.54) is 19.3 Å². The van der Waals surface area contributed by atoms with Gasteiger partial charge in [-0.2, -0.15) is 0 Å². The molecule has 2 saturated carbocycles. The summed E-state index contributed by atoms with van der Waals surface area (Å²) in [5.41, 5.74) is -0.527. The minimum absolute atomic E-state index is 0.0297. The van der Waals surface area contributed by atoms with E-state index in [1.807, 2.05) is 6.92 Å². The summed E-state index contributed by atoms with van der Waals surface area (Å²) in [4.78, 5) is 0. The Morgan fingerprint density at radius 2 is 1.85 bits per heavy atom. The summed E-state index contributed by atoms with van der Waals surface area (Å²) >= 11 is 0. The highest BCUT2D eigenvalue weighted by Gasteiger charge is 2.48. The molecular formula is C11H21NO. The highest BCUT2D eigenvalue weighted by atomic mass is 16.3. The van der Waals surface area contributed by atoms with Crippen LogP contribution in [0, 0.1) is 0 Å². The minimum Gasteiger partial charge on any atom is -0.388 e. The van der Waals surface area contributed by atoms with Gasteiger partial charge in [-0.25, -0.2) is 0 Å². The number of hydrogen-bond acceptors (Lipinski definition) is 2. The van der Waals surface area contributed by atoms with E-state index in [1.54, 1.807) is 0 Å². The van der Waals surface area contributed by atoms with Gasteiger partial charge in [0.15, 0.2) is 0 Å². The highest BCUT2D eigenvalue weighted by molar-refractivity contribution is 5.06. The monoisotopic (exact) mass is 183 g/mol. The molecule has 0 heterocycles. The lowest BCUT2D eigenvalue weighted by Crippen LogP contribution is -2.60. The van der Waals surface area contributed by atoms with Crippen LogP contribution in [-0.2, 0) is 0 Å². The molecule has 0 radical (unpaired) electrons. The van der Waals surface area contributed by atoms with Crippen molar-refractivity contribution in [1.29, 1.82) is 0 Å². The largest absolute Gasteiger partial charge is 0.388 e. The molecule has 2 fully saturated rings. The second-order valence-corrected chi connectivity index (χ2v) is 5.23. The van der Waals surface area contributed by atoms with Crippen LogP contribution in [0.15, 0.2) is 0 Å². The first-order valence-electron chi connectivity index (χ1n) is 5.54. The van der Waals surface area contributed by atoms with Crippen molar-refractivity contribution in [3.05, 3.63) is 0 Å². The van der Waals surface area contributed by atoms with Crippen molar-refractivity contribution < 1.29 is 5.11 Å². The molecule has 2 N–H and O–H groups in total. The van der Waals surface area contributed by atoms with Crippen LogP contribution in [0.1, 0.15) is 52.4 Å². The molecule has 2 atom stereocenters. The van der Waals surface area contributed by atoms with Crippen molar-refractivity contribution in [2.45, 2.75) is 69.6 Å². The predicted octanol–water partition coefficient (Wildman–Crippen LogP) is 1.82. The molecule has 2 aliphatic rings. The van der Waals surface area contributed by atoms with Gasteiger partial charge < -0.3 is 10.4 Å². The van der Waals surface area contributed by atoms with Crippen LogP contribution in [0.5, 0.6) is 0 Å². The highest BCUT2D eigenvalue weighted by Crippen LogP contribution is 2.40. The van der Waals surface area contributed by atoms with E-state index in [0.29, 0.717) is 6.04 Å². The second kappa shape index (κ2) is 2.96. The quantitative estimate of drug-likeness (QED) is 0.684. The van der Waals surface area contributed by atoms with Gasteiger partial charge in [0.2, 0.25) is 0 Å². The van der Waals surface area contributed by atoms with Crippen LogP contribution in [0.4, 0.5) is 0 Å². The van der Waals surface area contributed by atoms with Crippen molar-refractivity contribution >= 4 is 0 Å². The SMILES string of the molecule is CC1(O)CCCC1(C)NC1CCC1. The summed E-state index contributed by atoms with van der Waals surface area (Å²) in [5.74, 6) is 0. The molecular weight excluding hydrogens is 162 g/mol. The lowest BCUT2D eigenvalue weighted by Gasteiger charge is -2.43. The zero-order valence-corrected chi connectivity index (χ0v) is 8.77. The summed E-state index contributed by atoms with van der Waals surface area (Å²) < 4.78 is 0. The van der Waals surface area contributed by atoms with Gasteiger partial charge in [-0.15, -0.1) is 0 Å². The molecule has 0 aliphatic heterocycles. The van der Waals surface area contributed by atoms with E-state index >= 15 is 0 Å². The molecule has 2 heteroatoms. The Kier molecular flexibility index (Phi) is 2.16. The van der Waals surface area contributed by atoms with Gasteiger partial charge in [0.1, 0.15) is 0 Å². The fourth-order valence-corrected chi connectivity index (χ4v) is 2.56. The van der Waals surface area contributed by atoms with Crippen molar-refractivity contribution in [2.75, 3.05) is 0 Å². The molecule has 13 heavy (non-hydrogen) atoms. The lowest BCUT2D eigenvalue weighted by molar-refractivity contribution is -0.0163. The second-order valence-electron chi connectivity index (χ2n) is 5.23. The maximum absolute atomic E-state index is 10.2. The van der Waals surface area contributed by atoms with Gasteiger partial charge in [0.25, 0.3) is 0 Å². The number of aliphatic hydroxyl groups is 1. The Labute approximate surface area is 80.7 Å². The molecule has 2 unspecified atom stereocenters. The molecule has 2 aliphatic carbocycles. The summed E-state index contributed by atoms with van der Waals surface area (Å²) in [7, 11) is 0. The van der Waals surface area contributed by atoms with Gasteiger partial charge in [-0.1, -0.05) is 6.42 Å². The van der Waals surface area contributed by atoms with Gasteiger partial charge in [0, 0.05) is 11.6 Å².